The molecule has 134 valence electrons. The Morgan fingerprint density at radius 3 is 2.25 bits per heavy atom. The van der Waals surface area contributed by atoms with E-state index in [0.717, 1.165) is 51.3 Å². The molecular formula is C17H25F3N4. The number of pyridine rings is 1. The molecule has 1 aromatic rings. The number of anilines is 1. The van der Waals surface area contributed by atoms with Crippen LogP contribution >= 0.6 is 0 Å². The highest BCUT2D eigenvalue weighted by Gasteiger charge is 2.31. The van der Waals surface area contributed by atoms with Gasteiger partial charge in [-0.25, -0.2) is 4.98 Å². The molecule has 7 heteroatoms. The summed E-state index contributed by atoms with van der Waals surface area (Å²) in [5.74, 6) is 0.528. The molecule has 2 fully saturated rings. The first-order valence-corrected chi connectivity index (χ1v) is 8.64. The second-order valence-electron chi connectivity index (χ2n) is 6.92. The van der Waals surface area contributed by atoms with Gasteiger partial charge in [0.2, 0.25) is 0 Å². The molecule has 0 radical (unpaired) electrons. The average molecular weight is 342 g/mol. The van der Waals surface area contributed by atoms with E-state index in [1.165, 1.54) is 18.9 Å². The number of hydrogen-bond donors (Lipinski definition) is 1. The van der Waals surface area contributed by atoms with Crippen LogP contribution in [0.25, 0.3) is 0 Å². The van der Waals surface area contributed by atoms with Gasteiger partial charge in [-0.3, -0.25) is 0 Å². The number of hydrogen-bond acceptors (Lipinski definition) is 4. The van der Waals surface area contributed by atoms with Crippen LogP contribution in [0.2, 0.25) is 0 Å². The van der Waals surface area contributed by atoms with E-state index < -0.39 is 11.7 Å². The Kier molecular flexibility index (Phi) is 5.30. The van der Waals surface area contributed by atoms with E-state index in [2.05, 4.69) is 27.1 Å². The van der Waals surface area contributed by atoms with E-state index in [9.17, 15) is 13.2 Å². The molecule has 4 nitrogen and oxygen atoms in total. The molecule has 2 aliphatic heterocycles. The lowest BCUT2D eigenvalue weighted by atomic mass is 9.98. The van der Waals surface area contributed by atoms with Gasteiger partial charge in [-0.05, 0) is 58.0 Å². The zero-order chi connectivity index (χ0) is 17.2. The minimum absolute atomic E-state index is 0.289. The average Bonchev–Trinajstić information content (AvgIpc) is 2.56. The SMILES string of the molecule is CN1CCC(N2CCC(Nc3ccc(C(F)(F)F)cn3)CC2)CC1. The molecule has 3 heterocycles. The van der Waals surface area contributed by atoms with Crippen molar-refractivity contribution < 1.29 is 13.2 Å². The van der Waals surface area contributed by atoms with Gasteiger partial charge in [-0.2, -0.15) is 13.2 Å². The fraction of sp³-hybridized carbons (Fsp3) is 0.706. The number of rotatable bonds is 3. The predicted molar refractivity (Wildman–Crippen MR) is 88.0 cm³/mol. The molecule has 0 unspecified atom stereocenters. The lowest BCUT2D eigenvalue weighted by molar-refractivity contribution is -0.137. The topological polar surface area (TPSA) is 31.4 Å². The molecule has 0 spiro atoms. The highest BCUT2D eigenvalue weighted by Crippen LogP contribution is 2.29. The second-order valence-corrected chi connectivity index (χ2v) is 6.92. The maximum absolute atomic E-state index is 12.6. The van der Waals surface area contributed by atoms with Crippen molar-refractivity contribution in [3.8, 4) is 0 Å². The van der Waals surface area contributed by atoms with E-state index in [0.29, 0.717) is 11.9 Å². The molecule has 2 saturated heterocycles. The highest BCUT2D eigenvalue weighted by molar-refractivity contribution is 5.37. The Labute approximate surface area is 141 Å². The first-order valence-electron chi connectivity index (χ1n) is 8.64. The summed E-state index contributed by atoms with van der Waals surface area (Å²) in [6.45, 7) is 4.43. The van der Waals surface area contributed by atoms with Crippen molar-refractivity contribution in [3.63, 3.8) is 0 Å². The van der Waals surface area contributed by atoms with Gasteiger partial charge < -0.3 is 15.1 Å². The van der Waals surface area contributed by atoms with E-state index in [1.807, 2.05) is 0 Å². The predicted octanol–water partition coefficient (Wildman–Crippen LogP) is 3.07. The molecule has 0 aromatic carbocycles. The van der Waals surface area contributed by atoms with Gasteiger partial charge in [0.1, 0.15) is 5.82 Å². The number of alkyl halides is 3. The summed E-state index contributed by atoms with van der Waals surface area (Å²) in [6, 6.07) is 3.48. The standard InChI is InChI=1S/C17H25F3N4/c1-23-8-6-15(7-9-23)24-10-4-14(5-11-24)22-16-3-2-13(12-21-16)17(18,19)20/h2-3,12,14-15H,4-11H2,1H3,(H,21,22). The normalized spacial score (nSPS) is 22.7. The van der Waals surface area contributed by atoms with E-state index in [4.69, 9.17) is 0 Å². The summed E-state index contributed by atoms with van der Waals surface area (Å²) in [7, 11) is 2.17. The quantitative estimate of drug-likeness (QED) is 0.915. The molecular weight excluding hydrogens is 317 g/mol. The second kappa shape index (κ2) is 7.27. The minimum atomic E-state index is -4.33. The lowest BCUT2D eigenvalue weighted by Crippen LogP contribution is -2.48. The third-order valence-electron chi connectivity index (χ3n) is 5.18. The Morgan fingerprint density at radius 2 is 1.71 bits per heavy atom. The van der Waals surface area contributed by atoms with Crippen LogP contribution in [0.5, 0.6) is 0 Å². The smallest absolute Gasteiger partial charge is 0.367 e. The number of piperidine rings is 2. The number of nitrogens with zero attached hydrogens (tertiary/aromatic N) is 3. The van der Waals surface area contributed by atoms with E-state index >= 15 is 0 Å². The molecule has 0 amide bonds. The number of halogens is 3. The Hall–Kier alpha value is -1.34. The van der Waals surface area contributed by atoms with Gasteiger partial charge in [0, 0.05) is 31.4 Å². The highest BCUT2D eigenvalue weighted by atomic mass is 19.4. The Morgan fingerprint density at radius 1 is 1.04 bits per heavy atom. The molecule has 0 saturated carbocycles. The van der Waals surface area contributed by atoms with Crippen LogP contribution in [0.3, 0.4) is 0 Å². The van der Waals surface area contributed by atoms with Gasteiger partial charge in [0.25, 0.3) is 0 Å². The molecule has 2 aliphatic rings. The van der Waals surface area contributed by atoms with Gasteiger partial charge >= 0.3 is 6.18 Å². The molecule has 24 heavy (non-hydrogen) atoms. The van der Waals surface area contributed by atoms with Crippen molar-refractivity contribution in [1.29, 1.82) is 0 Å². The third kappa shape index (κ3) is 4.39. The minimum Gasteiger partial charge on any atom is -0.367 e. The number of aromatic nitrogens is 1. The summed E-state index contributed by atoms with van der Waals surface area (Å²) in [6.07, 6.45) is 1.05. The van der Waals surface area contributed by atoms with Crippen molar-refractivity contribution >= 4 is 5.82 Å². The van der Waals surface area contributed by atoms with Crippen LogP contribution in [-0.2, 0) is 6.18 Å². The lowest BCUT2D eigenvalue weighted by Gasteiger charge is -2.41. The van der Waals surface area contributed by atoms with Gasteiger partial charge in [0.15, 0.2) is 0 Å². The van der Waals surface area contributed by atoms with E-state index in [-0.39, 0.29) is 6.04 Å². The monoisotopic (exact) mass is 342 g/mol. The fourth-order valence-electron chi connectivity index (χ4n) is 3.63. The third-order valence-corrected chi connectivity index (χ3v) is 5.18. The molecule has 0 atom stereocenters. The zero-order valence-electron chi connectivity index (χ0n) is 14.0. The zero-order valence-corrected chi connectivity index (χ0v) is 14.0. The van der Waals surface area contributed by atoms with Crippen molar-refractivity contribution in [3.05, 3.63) is 23.9 Å². The van der Waals surface area contributed by atoms with Gasteiger partial charge in [-0.15, -0.1) is 0 Å². The number of nitrogens with one attached hydrogen (secondary N) is 1. The van der Waals surface area contributed by atoms with Gasteiger partial charge in [-0.1, -0.05) is 0 Å². The van der Waals surface area contributed by atoms with Crippen LogP contribution in [-0.4, -0.2) is 60.1 Å². The molecule has 0 aliphatic carbocycles. The fourth-order valence-corrected chi connectivity index (χ4v) is 3.63. The van der Waals surface area contributed by atoms with Gasteiger partial charge in [0.05, 0.1) is 5.56 Å². The van der Waals surface area contributed by atoms with Crippen LogP contribution in [0.15, 0.2) is 18.3 Å². The Balaban J connectivity index is 1.47. The van der Waals surface area contributed by atoms with Crippen molar-refractivity contribution in [2.24, 2.45) is 0 Å². The summed E-state index contributed by atoms with van der Waals surface area (Å²) >= 11 is 0. The molecule has 1 aromatic heterocycles. The summed E-state index contributed by atoms with van der Waals surface area (Å²) in [5.41, 5.74) is -0.704. The maximum Gasteiger partial charge on any atom is 0.417 e. The van der Waals surface area contributed by atoms with E-state index in [1.54, 1.807) is 0 Å². The maximum atomic E-state index is 12.6. The first kappa shape index (κ1) is 17.5. The summed E-state index contributed by atoms with van der Waals surface area (Å²) < 4.78 is 37.7. The van der Waals surface area contributed by atoms with Crippen molar-refractivity contribution in [1.82, 2.24) is 14.8 Å². The first-order chi connectivity index (χ1) is 11.4. The van der Waals surface area contributed by atoms with Crippen LogP contribution in [0.4, 0.5) is 19.0 Å². The largest absolute Gasteiger partial charge is 0.417 e. The molecule has 3 rings (SSSR count). The van der Waals surface area contributed by atoms with Crippen LogP contribution in [0, 0.1) is 0 Å². The summed E-state index contributed by atoms with van der Waals surface area (Å²) in [5, 5.41) is 3.28. The number of likely N-dealkylation sites (tertiary alicyclic amines) is 2. The molecule has 1 N–H and O–H groups in total. The van der Waals surface area contributed by atoms with Crippen LogP contribution in [0.1, 0.15) is 31.2 Å². The van der Waals surface area contributed by atoms with Crippen molar-refractivity contribution in [2.75, 3.05) is 38.5 Å². The Bertz CT molecular complexity index is 516. The van der Waals surface area contributed by atoms with Crippen molar-refractivity contribution in [2.45, 2.75) is 43.9 Å². The molecule has 0 bridgehead atoms. The summed E-state index contributed by atoms with van der Waals surface area (Å²) in [4.78, 5) is 8.86. The van der Waals surface area contributed by atoms with Crippen LogP contribution < -0.4 is 5.32 Å².